The van der Waals surface area contributed by atoms with Crippen molar-refractivity contribution in [1.29, 1.82) is 0 Å². The van der Waals surface area contributed by atoms with Crippen LogP contribution in [0.1, 0.15) is 5.56 Å². The first kappa shape index (κ1) is 15.1. The fraction of sp³-hybridized carbons (Fsp3) is 0.538. The molecule has 0 aliphatic carbocycles. The van der Waals surface area contributed by atoms with Crippen molar-refractivity contribution in [2.45, 2.75) is 6.54 Å². The van der Waals surface area contributed by atoms with E-state index in [1.54, 1.807) is 0 Å². The van der Waals surface area contributed by atoms with Crippen molar-refractivity contribution in [3.05, 3.63) is 35.9 Å². The molecular weight excluding hydrogens is 248 g/mol. The molecule has 0 spiro atoms. The number of hydrogen-bond acceptors (Lipinski definition) is 4. The maximum atomic E-state index is 10.9. The highest BCUT2D eigenvalue weighted by molar-refractivity contribution is 7.90. The molecule has 0 fully saturated rings. The molecule has 0 saturated heterocycles. The van der Waals surface area contributed by atoms with E-state index in [-0.39, 0.29) is 5.75 Å². The Morgan fingerprint density at radius 1 is 1.17 bits per heavy atom. The standard InChI is InChI=1S/C13H22N2O2S/c1-15(12-13-6-4-3-5-7-13)10-8-14-9-11-18(2,16)17/h3-7,14H,8-12H2,1-2H3. The van der Waals surface area contributed by atoms with E-state index in [0.29, 0.717) is 6.54 Å². The van der Waals surface area contributed by atoms with Gasteiger partial charge in [0.05, 0.1) is 5.75 Å². The van der Waals surface area contributed by atoms with Crippen LogP contribution in [-0.4, -0.2) is 52.0 Å². The summed E-state index contributed by atoms with van der Waals surface area (Å²) < 4.78 is 21.8. The van der Waals surface area contributed by atoms with Crippen LogP contribution in [0, 0.1) is 0 Å². The Bertz CT molecular complexity index is 432. The molecule has 18 heavy (non-hydrogen) atoms. The summed E-state index contributed by atoms with van der Waals surface area (Å²) in [6.07, 6.45) is 1.26. The Kier molecular flexibility index (Phi) is 6.32. The lowest BCUT2D eigenvalue weighted by Crippen LogP contribution is -2.31. The second-order valence-corrected chi connectivity index (χ2v) is 6.86. The third-order valence-corrected chi connectivity index (χ3v) is 3.56. The van der Waals surface area contributed by atoms with Gasteiger partial charge in [-0.15, -0.1) is 0 Å². The molecule has 0 bridgehead atoms. The SMILES string of the molecule is CN(CCNCCS(C)(=O)=O)Cc1ccccc1. The highest BCUT2D eigenvalue weighted by atomic mass is 32.2. The fourth-order valence-corrected chi connectivity index (χ4v) is 2.14. The van der Waals surface area contributed by atoms with E-state index in [1.165, 1.54) is 11.8 Å². The summed E-state index contributed by atoms with van der Waals surface area (Å²) in [7, 11) is -0.789. The van der Waals surface area contributed by atoms with Gasteiger partial charge >= 0.3 is 0 Å². The van der Waals surface area contributed by atoms with E-state index in [2.05, 4.69) is 29.4 Å². The Morgan fingerprint density at radius 2 is 1.83 bits per heavy atom. The fourth-order valence-electron chi connectivity index (χ4n) is 1.63. The van der Waals surface area contributed by atoms with E-state index < -0.39 is 9.84 Å². The molecule has 0 aromatic heterocycles. The molecule has 102 valence electrons. The van der Waals surface area contributed by atoms with Crippen molar-refractivity contribution in [3.8, 4) is 0 Å². The predicted molar refractivity (Wildman–Crippen MR) is 75.4 cm³/mol. The summed E-state index contributed by atoms with van der Waals surface area (Å²) in [5.41, 5.74) is 1.29. The number of likely N-dealkylation sites (N-methyl/N-ethyl adjacent to an activating group) is 1. The first-order chi connectivity index (χ1) is 8.47. The minimum Gasteiger partial charge on any atom is -0.314 e. The number of sulfone groups is 1. The van der Waals surface area contributed by atoms with Gasteiger partial charge in [0.25, 0.3) is 0 Å². The van der Waals surface area contributed by atoms with E-state index in [9.17, 15) is 8.42 Å². The molecule has 0 aliphatic heterocycles. The van der Waals surface area contributed by atoms with Gasteiger partial charge in [0.2, 0.25) is 0 Å². The number of hydrogen-bond donors (Lipinski definition) is 1. The van der Waals surface area contributed by atoms with Crippen LogP contribution in [0.5, 0.6) is 0 Å². The van der Waals surface area contributed by atoms with Crippen molar-refractivity contribution in [3.63, 3.8) is 0 Å². The van der Waals surface area contributed by atoms with Crippen LogP contribution in [0.25, 0.3) is 0 Å². The Balaban J connectivity index is 2.12. The molecule has 0 heterocycles. The highest BCUT2D eigenvalue weighted by Gasteiger charge is 2.02. The zero-order chi connectivity index (χ0) is 13.4. The third kappa shape index (κ3) is 7.42. The smallest absolute Gasteiger partial charge is 0.148 e. The number of rotatable bonds is 8. The van der Waals surface area contributed by atoms with E-state index >= 15 is 0 Å². The number of nitrogens with one attached hydrogen (secondary N) is 1. The minimum absolute atomic E-state index is 0.204. The molecule has 0 unspecified atom stereocenters. The van der Waals surface area contributed by atoms with Gasteiger partial charge in [-0.25, -0.2) is 8.42 Å². The van der Waals surface area contributed by atoms with Crippen LogP contribution in [0.15, 0.2) is 30.3 Å². The molecule has 1 rings (SSSR count). The summed E-state index contributed by atoms with van der Waals surface area (Å²) in [5.74, 6) is 0.204. The Hall–Kier alpha value is -0.910. The molecule has 0 amide bonds. The lowest BCUT2D eigenvalue weighted by atomic mass is 10.2. The topological polar surface area (TPSA) is 49.4 Å². The summed E-state index contributed by atoms with van der Waals surface area (Å²) in [5, 5.41) is 3.14. The lowest BCUT2D eigenvalue weighted by molar-refractivity contribution is 0.325. The molecule has 1 aromatic carbocycles. The average molecular weight is 270 g/mol. The predicted octanol–water partition coefficient (Wildman–Crippen LogP) is 0.753. The Morgan fingerprint density at radius 3 is 2.44 bits per heavy atom. The van der Waals surface area contributed by atoms with Gasteiger partial charge in [-0.05, 0) is 12.6 Å². The summed E-state index contributed by atoms with van der Waals surface area (Å²) in [6.45, 7) is 3.14. The summed E-state index contributed by atoms with van der Waals surface area (Å²) in [4.78, 5) is 2.21. The maximum Gasteiger partial charge on any atom is 0.148 e. The van der Waals surface area contributed by atoms with Crippen LogP contribution < -0.4 is 5.32 Å². The van der Waals surface area contributed by atoms with E-state index in [0.717, 1.165) is 19.6 Å². The molecule has 0 radical (unpaired) electrons. The summed E-state index contributed by atoms with van der Waals surface area (Å²) >= 11 is 0. The van der Waals surface area contributed by atoms with Gasteiger partial charge in [-0.1, -0.05) is 30.3 Å². The normalized spacial score (nSPS) is 11.9. The third-order valence-electron chi connectivity index (χ3n) is 2.62. The van der Waals surface area contributed by atoms with Crippen LogP contribution in [0.4, 0.5) is 0 Å². The van der Waals surface area contributed by atoms with Crippen molar-refractivity contribution >= 4 is 9.84 Å². The lowest BCUT2D eigenvalue weighted by Gasteiger charge is -2.16. The molecule has 1 aromatic rings. The van der Waals surface area contributed by atoms with Gasteiger partial charge in [0.1, 0.15) is 9.84 Å². The molecular formula is C13H22N2O2S. The first-order valence-electron chi connectivity index (χ1n) is 6.08. The molecule has 4 nitrogen and oxygen atoms in total. The molecule has 0 saturated carbocycles. The van der Waals surface area contributed by atoms with Crippen molar-refractivity contribution in [2.75, 3.05) is 38.7 Å². The van der Waals surface area contributed by atoms with Crippen molar-refractivity contribution in [1.82, 2.24) is 10.2 Å². The van der Waals surface area contributed by atoms with Crippen molar-refractivity contribution < 1.29 is 8.42 Å². The Labute approximate surface area is 110 Å². The van der Waals surface area contributed by atoms with E-state index in [4.69, 9.17) is 0 Å². The quantitative estimate of drug-likeness (QED) is 0.708. The molecule has 5 heteroatoms. The minimum atomic E-state index is -2.85. The number of benzene rings is 1. The number of nitrogens with zero attached hydrogens (tertiary/aromatic N) is 1. The largest absolute Gasteiger partial charge is 0.314 e. The first-order valence-corrected chi connectivity index (χ1v) is 8.14. The van der Waals surface area contributed by atoms with Crippen LogP contribution >= 0.6 is 0 Å². The van der Waals surface area contributed by atoms with Crippen molar-refractivity contribution in [2.24, 2.45) is 0 Å². The summed E-state index contributed by atoms with van der Waals surface area (Å²) in [6, 6.07) is 10.3. The maximum absolute atomic E-state index is 10.9. The average Bonchev–Trinajstić information content (AvgIpc) is 2.28. The monoisotopic (exact) mass is 270 g/mol. The van der Waals surface area contributed by atoms with Gasteiger partial charge in [0, 0.05) is 32.4 Å². The van der Waals surface area contributed by atoms with E-state index in [1.807, 2.05) is 18.2 Å². The van der Waals surface area contributed by atoms with Gasteiger partial charge in [-0.2, -0.15) is 0 Å². The molecule has 0 atom stereocenters. The zero-order valence-corrected chi connectivity index (χ0v) is 11.9. The van der Waals surface area contributed by atoms with Gasteiger partial charge in [-0.3, -0.25) is 0 Å². The molecule has 0 aliphatic rings. The zero-order valence-electron chi connectivity index (χ0n) is 11.1. The second kappa shape index (κ2) is 7.51. The molecule has 1 N–H and O–H groups in total. The second-order valence-electron chi connectivity index (χ2n) is 4.60. The van der Waals surface area contributed by atoms with Crippen LogP contribution in [0.2, 0.25) is 0 Å². The van der Waals surface area contributed by atoms with Crippen LogP contribution in [0.3, 0.4) is 0 Å². The highest BCUT2D eigenvalue weighted by Crippen LogP contribution is 2.01. The van der Waals surface area contributed by atoms with Gasteiger partial charge < -0.3 is 10.2 Å². The van der Waals surface area contributed by atoms with Gasteiger partial charge in [0.15, 0.2) is 0 Å². The van der Waals surface area contributed by atoms with Crippen LogP contribution in [-0.2, 0) is 16.4 Å².